The average molecular weight is 628 g/mol. The Bertz CT molecular complexity index is 1640. The van der Waals surface area contributed by atoms with Gasteiger partial charge < -0.3 is 23.8 Å². The van der Waals surface area contributed by atoms with Crippen molar-refractivity contribution >= 4 is 35.1 Å². The fraction of sp³-hybridized carbons (Fsp3) is 0.314. The van der Waals surface area contributed by atoms with Crippen molar-refractivity contribution in [2.45, 2.75) is 35.7 Å². The maximum atomic E-state index is 12.5. The van der Waals surface area contributed by atoms with Crippen LogP contribution in [-0.2, 0) is 54.5 Å². The minimum Gasteiger partial charge on any atom is -0.463 e. The molecule has 0 N–H and O–H groups in total. The monoisotopic (exact) mass is 627 g/mol. The van der Waals surface area contributed by atoms with Crippen LogP contribution in [0.1, 0.15) is 11.1 Å². The van der Waals surface area contributed by atoms with Crippen LogP contribution in [0.15, 0.2) is 95.2 Å². The highest BCUT2D eigenvalue weighted by molar-refractivity contribution is 7.99. The van der Waals surface area contributed by atoms with Crippen molar-refractivity contribution in [2.24, 2.45) is 0 Å². The lowest BCUT2D eigenvalue weighted by molar-refractivity contribution is -0.698. The van der Waals surface area contributed by atoms with E-state index in [0.717, 1.165) is 43.4 Å². The Kier molecular flexibility index (Phi) is 10.0. The van der Waals surface area contributed by atoms with Crippen molar-refractivity contribution in [3.8, 4) is 11.1 Å². The molecule has 4 aromatic rings. The van der Waals surface area contributed by atoms with Crippen molar-refractivity contribution in [3.05, 3.63) is 96.6 Å². The van der Waals surface area contributed by atoms with Gasteiger partial charge in [0.15, 0.2) is 37.9 Å². The molecule has 9 aliphatic rings. The molecule has 13 rings (SSSR count). The van der Waals surface area contributed by atoms with Gasteiger partial charge in [-0.15, -0.1) is 0 Å². The van der Waals surface area contributed by atoms with Crippen LogP contribution in [0.2, 0.25) is 0 Å². The summed E-state index contributed by atoms with van der Waals surface area (Å²) in [7, 11) is 2.01. The van der Waals surface area contributed by atoms with Gasteiger partial charge in [0, 0.05) is 41.1 Å². The van der Waals surface area contributed by atoms with Crippen LogP contribution < -0.4 is 14.0 Å². The van der Waals surface area contributed by atoms with Gasteiger partial charge in [0.05, 0.1) is 37.4 Å². The second-order valence-electron chi connectivity index (χ2n) is 10.9. The molecular formula is C35H37N3O6S+2. The van der Waals surface area contributed by atoms with Crippen LogP contribution in [0.5, 0.6) is 0 Å². The van der Waals surface area contributed by atoms with Crippen LogP contribution in [0, 0.1) is 0 Å². The zero-order valence-electron chi connectivity index (χ0n) is 25.4. The zero-order valence-corrected chi connectivity index (χ0v) is 26.2. The summed E-state index contributed by atoms with van der Waals surface area (Å²) in [6, 6.07) is 20.4. The summed E-state index contributed by atoms with van der Waals surface area (Å²) < 4.78 is 26.4. The van der Waals surface area contributed by atoms with Crippen LogP contribution >= 0.6 is 11.8 Å². The smallest absolute Gasteiger partial charge is 0.310 e. The zero-order chi connectivity index (χ0) is 31.0. The number of esters is 2. The van der Waals surface area contributed by atoms with Gasteiger partial charge in [-0.25, -0.2) is 9.13 Å². The maximum absolute atomic E-state index is 12.5. The lowest BCUT2D eigenvalue weighted by atomic mass is 10.1. The van der Waals surface area contributed by atoms with Crippen molar-refractivity contribution in [1.29, 1.82) is 0 Å². The van der Waals surface area contributed by atoms with E-state index < -0.39 is 0 Å². The summed E-state index contributed by atoms with van der Waals surface area (Å²) in [6.07, 6.45) is 8.52. The molecule has 0 saturated carbocycles. The molecule has 0 saturated heterocycles. The third-order valence-corrected chi connectivity index (χ3v) is 8.88. The van der Waals surface area contributed by atoms with Crippen LogP contribution in [0.25, 0.3) is 11.1 Å². The predicted octanol–water partition coefficient (Wildman–Crippen LogP) is 4.08. The average Bonchev–Trinajstić information content (AvgIpc) is 3.05. The van der Waals surface area contributed by atoms with Crippen molar-refractivity contribution in [1.82, 2.24) is 0 Å². The van der Waals surface area contributed by atoms with Gasteiger partial charge in [-0.2, -0.15) is 0 Å². The van der Waals surface area contributed by atoms with Crippen LogP contribution in [-0.4, -0.2) is 58.6 Å². The maximum Gasteiger partial charge on any atom is 0.310 e. The van der Waals surface area contributed by atoms with Gasteiger partial charge >= 0.3 is 11.9 Å². The number of ether oxygens (including phenoxy) is 4. The third kappa shape index (κ3) is 8.08. The first-order chi connectivity index (χ1) is 22.0. The van der Waals surface area contributed by atoms with E-state index in [9.17, 15) is 9.59 Å². The minimum absolute atomic E-state index is 0.189. The molecule has 0 aliphatic carbocycles. The number of nitrogens with zero attached hydrogens (tertiary/aromatic N) is 3. The Morgan fingerprint density at radius 1 is 0.600 bits per heavy atom. The Labute approximate surface area is 267 Å². The molecule has 0 amide bonds. The first kappa shape index (κ1) is 30.8. The SMILES string of the molecule is CN1c2ccc3cc2Sc2ccc(cc21)CC(=O)OCCOCC[n+]1ccc(cc1)-c1cc[n+](cc1)CCOCCOC(=O)C3. The molecule has 10 heteroatoms. The molecule has 0 radical (unpaired) electrons. The number of anilines is 2. The standard InChI is InChI=1S/C35H37N3O6S/c1-36-30-4-2-27-23-33(30)45-32-5-3-26(22-31(32)36)24-34(39)43-20-18-41-16-14-37-10-6-28(7-11-37)29-8-12-38(13-9-29)15-17-42-19-21-44-35(40)25-27/h2-13,22-23H,14-21,24-25H2,1H3/q+2. The van der Waals surface area contributed by atoms with E-state index in [4.69, 9.17) is 18.9 Å². The van der Waals surface area contributed by atoms with Crippen molar-refractivity contribution in [2.75, 3.05) is 51.6 Å². The first-order valence-corrected chi connectivity index (χ1v) is 16.0. The number of carbonyl (C=O) groups excluding carboxylic acids is 2. The second kappa shape index (κ2) is 14.7. The Morgan fingerprint density at radius 3 is 1.71 bits per heavy atom. The van der Waals surface area contributed by atoms with Crippen molar-refractivity contribution in [3.63, 3.8) is 0 Å². The lowest BCUT2D eigenvalue weighted by Gasteiger charge is -2.30. The molecule has 11 heterocycles. The van der Waals surface area contributed by atoms with E-state index in [1.807, 2.05) is 68.2 Å². The minimum atomic E-state index is -0.282. The highest BCUT2D eigenvalue weighted by Crippen LogP contribution is 2.48. The van der Waals surface area contributed by atoms with E-state index in [1.165, 1.54) is 0 Å². The van der Waals surface area contributed by atoms with Gasteiger partial charge in [-0.05, 0) is 46.5 Å². The number of carbonyl (C=O) groups is 2. The van der Waals surface area contributed by atoms with E-state index in [-0.39, 0.29) is 38.0 Å². The summed E-state index contributed by atoms with van der Waals surface area (Å²) in [6.45, 7) is 3.58. The molecule has 9 nitrogen and oxygen atoms in total. The number of hydrogen-bond donors (Lipinski definition) is 0. The fourth-order valence-corrected chi connectivity index (χ4v) is 6.50. The van der Waals surface area contributed by atoms with E-state index in [2.05, 4.69) is 38.3 Å². The number of benzene rings is 2. The molecule has 0 spiro atoms. The summed E-state index contributed by atoms with van der Waals surface area (Å²) >= 11 is 1.65. The predicted molar refractivity (Wildman–Crippen MR) is 168 cm³/mol. The second-order valence-corrected chi connectivity index (χ2v) is 12.0. The number of aromatic nitrogens is 2. The fourth-order valence-electron chi connectivity index (χ4n) is 5.30. The lowest BCUT2D eigenvalue weighted by Crippen LogP contribution is -2.35. The summed E-state index contributed by atoms with van der Waals surface area (Å²) in [5.41, 5.74) is 6.11. The molecule has 2 aromatic heterocycles. The molecule has 0 atom stereocenters. The van der Waals surface area contributed by atoms with Gasteiger partial charge in [0.2, 0.25) is 0 Å². The normalized spacial score (nSPS) is 16.7. The third-order valence-electron chi connectivity index (χ3n) is 7.77. The summed E-state index contributed by atoms with van der Waals surface area (Å²) in [5.74, 6) is -0.561. The molecule has 45 heavy (non-hydrogen) atoms. The van der Waals surface area contributed by atoms with Crippen LogP contribution in [0.4, 0.5) is 11.4 Å². The van der Waals surface area contributed by atoms with Gasteiger partial charge in [0.25, 0.3) is 0 Å². The van der Waals surface area contributed by atoms with Crippen LogP contribution in [0.3, 0.4) is 0 Å². The first-order valence-electron chi connectivity index (χ1n) is 15.1. The largest absolute Gasteiger partial charge is 0.463 e. The number of hydrogen-bond acceptors (Lipinski definition) is 8. The molecule has 232 valence electrons. The Balaban J connectivity index is 1.11. The Morgan fingerprint density at radius 2 is 1.13 bits per heavy atom. The summed E-state index contributed by atoms with van der Waals surface area (Å²) in [5, 5.41) is 0. The number of rotatable bonds is 0. The molecule has 9 aliphatic heterocycles. The van der Waals surface area contributed by atoms with E-state index in [1.54, 1.807) is 11.8 Å². The number of pyridine rings is 2. The summed E-state index contributed by atoms with van der Waals surface area (Å²) in [4.78, 5) is 29.3. The van der Waals surface area contributed by atoms with E-state index >= 15 is 0 Å². The molecule has 2 aromatic carbocycles. The van der Waals surface area contributed by atoms with Gasteiger partial charge in [0.1, 0.15) is 26.4 Å². The topological polar surface area (TPSA) is 82.1 Å². The highest BCUT2D eigenvalue weighted by atomic mass is 32.2. The van der Waals surface area contributed by atoms with Gasteiger partial charge in [-0.3, -0.25) is 9.59 Å². The quantitative estimate of drug-likeness (QED) is 0.213. The molecule has 0 fully saturated rings. The van der Waals surface area contributed by atoms with Crippen molar-refractivity contribution < 1.29 is 37.7 Å². The van der Waals surface area contributed by atoms with Gasteiger partial charge in [-0.1, -0.05) is 23.9 Å². The molecule has 10 bridgehead atoms. The Hall–Kier alpha value is -4.25. The highest BCUT2D eigenvalue weighted by Gasteiger charge is 2.22. The molecule has 0 unspecified atom stereocenters. The van der Waals surface area contributed by atoms with E-state index in [0.29, 0.717) is 39.5 Å². The molecular weight excluding hydrogens is 590 g/mol.